The summed E-state index contributed by atoms with van der Waals surface area (Å²) in [5.74, 6) is -6.40. The van der Waals surface area contributed by atoms with Gasteiger partial charge in [0.05, 0.1) is 0 Å². The molecule has 1 aromatic carbocycles. The molecule has 1 unspecified atom stereocenters. The molecule has 0 saturated carbocycles. The largest absolute Gasteiger partial charge is 0.478 e. The molecule has 1 aromatic rings. The van der Waals surface area contributed by atoms with E-state index in [1.165, 1.54) is 6.07 Å². The lowest BCUT2D eigenvalue weighted by Crippen LogP contribution is -2.64. The molecule has 0 saturated heterocycles. The van der Waals surface area contributed by atoms with Crippen LogP contribution in [0.2, 0.25) is 0 Å². The second kappa shape index (κ2) is 9.82. The van der Waals surface area contributed by atoms with Crippen molar-refractivity contribution in [3.63, 3.8) is 0 Å². The number of hydrogen-bond acceptors (Lipinski definition) is 5. The standard InChI is InChI=1S/C20H30O7/c1-5-7-8-9-12-15-14(6-2)11-10-13-16(15)20(25,27-4)19(26-3,17(21)22)18(23)24/h10-11,13,25H,5-9,12H2,1-4H3,(H,21,22)(H,23,24). The van der Waals surface area contributed by atoms with Gasteiger partial charge in [0.2, 0.25) is 5.79 Å². The molecule has 152 valence electrons. The van der Waals surface area contributed by atoms with Crippen molar-refractivity contribution in [3.8, 4) is 0 Å². The van der Waals surface area contributed by atoms with E-state index in [0.29, 0.717) is 18.4 Å². The maximum absolute atomic E-state index is 11.9. The number of carbonyl (C=O) groups is 2. The lowest BCUT2D eigenvalue weighted by molar-refractivity contribution is -0.296. The SMILES string of the molecule is CCCCCCc1c(CC)cccc1C(O)(OC)C(OC)(C(=O)O)C(=O)O. The molecule has 0 amide bonds. The molecule has 3 N–H and O–H groups in total. The summed E-state index contributed by atoms with van der Waals surface area (Å²) in [6, 6.07) is 5.03. The van der Waals surface area contributed by atoms with Crippen LogP contribution >= 0.6 is 0 Å². The van der Waals surface area contributed by atoms with Crippen molar-refractivity contribution in [1.29, 1.82) is 0 Å². The summed E-state index contributed by atoms with van der Waals surface area (Å²) in [5, 5.41) is 30.5. The number of carboxylic acids is 2. The Morgan fingerprint density at radius 3 is 2.07 bits per heavy atom. The zero-order valence-corrected chi connectivity index (χ0v) is 16.4. The van der Waals surface area contributed by atoms with Gasteiger partial charge in [-0.2, -0.15) is 0 Å². The molecule has 0 aliphatic heterocycles. The summed E-state index contributed by atoms with van der Waals surface area (Å²) in [7, 11) is 2.00. The summed E-state index contributed by atoms with van der Waals surface area (Å²) in [6.45, 7) is 4.04. The first-order chi connectivity index (χ1) is 12.8. The number of unbranched alkanes of at least 4 members (excludes halogenated alkanes) is 3. The highest BCUT2D eigenvalue weighted by Crippen LogP contribution is 2.40. The van der Waals surface area contributed by atoms with Crippen LogP contribution in [-0.2, 0) is 37.7 Å². The monoisotopic (exact) mass is 382 g/mol. The smallest absolute Gasteiger partial charge is 0.354 e. The summed E-state index contributed by atoms with van der Waals surface area (Å²) in [4.78, 5) is 23.8. The Hall–Kier alpha value is -1.96. The number of aliphatic carboxylic acids is 2. The van der Waals surface area contributed by atoms with Crippen LogP contribution in [0.25, 0.3) is 0 Å². The van der Waals surface area contributed by atoms with Gasteiger partial charge in [-0.25, -0.2) is 9.59 Å². The van der Waals surface area contributed by atoms with Gasteiger partial charge >= 0.3 is 17.5 Å². The summed E-state index contributed by atoms with van der Waals surface area (Å²) in [6.07, 6.45) is 5.16. The van der Waals surface area contributed by atoms with Crippen molar-refractivity contribution < 1.29 is 34.4 Å². The van der Waals surface area contributed by atoms with Gasteiger partial charge in [-0.1, -0.05) is 51.3 Å². The van der Waals surface area contributed by atoms with Crippen LogP contribution in [0.3, 0.4) is 0 Å². The molecule has 0 spiro atoms. The van der Waals surface area contributed by atoms with Crippen molar-refractivity contribution in [2.45, 2.75) is 63.8 Å². The first-order valence-electron chi connectivity index (χ1n) is 9.17. The average Bonchev–Trinajstić information content (AvgIpc) is 2.65. The van der Waals surface area contributed by atoms with Gasteiger partial charge in [0.1, 0.15) is 0 Å². The zero-order chi connectivity index (χ0) is 20.7. The number of benzene rings is 1. The third kappa shape index (κ3) is 4.15. The van der Waals surface area contributed by atoms with E-state index in [4.69, 9.17) is 9.47 Å². The quantitative estimate of drug-likeness (QED) is 0.289. The highest BCUT2D eigenvalue weighted by molar-refractivity contribution is 6.03. The van der Waals surface area contributed by atoms with E-state index >= 15 is 0 Å². The molecule has 1 rings (SSSR count). The molecular weight excluding hydrogens is 352 g/mol. The van der Waals surface area contributed by atoms with E-state index in [0.717, 1.165) is 45.5 Å². The lowest BCUT2D eigenvalue weighted by atomic mass is 9.81. The van der Waals surface area contributed by atoms with Crippen LogP contribution in [0.15, 0.2) is 18.2 Å². The zero-order valence-electron chi connectivity index (χ0n) is 16.4. The van der Waals surface area contributed by atoms with Crippen LogP contribution in [0, 0.1) is 0 Å². The van der Waals surface area contributed by atoms with Crippen molar-refractivity contribution in [1.82, 2.24) is 0 Å². The minimum atomic E-state index is -3.01. The number of rotatable bonds is 12. The number of aliphatic hydroxyl groups is 1. The first kappa shape index (κ1) is 23.1. The Kier molecular flexibility index (Phi) is 8.40. The van der Waals surface area contributed by atoms with Gasteiger partial charge in [-0.3, -0.25) is 0 Å². The third-order valence-electron chi connectivity index (χ3n) is 4.98. The molecule has 0 radical (unpaired) electrons. The number of methoxy groups -OCH3 is 2. The van der Waals surface area contributed by atoms with E-state index < -0.39 is 23.3 Å². The minimum Gasteiger partial charge on any atom is -0.478 e. The van der Waals surface area contributed by atoms with Crippen LogP contribution in [0.5, 0.6) is 0 Å². The molecule has 0 aliphatic rings. The third-order valence-corrected chi connectivity index (χ3v) is 4.98. The molecule has 7 nitrogen and oxygen atoms in total. The van der Waals surface area contributed by atoms with E-state index in [1.54, 1.807) is 6.07 Å². The maximum atomic E-state index is 11.9. The van der Waals surface area contributed by atoms with Gasteiger partial charge < -0.3 is 24.8 Å². The Morgan fingerprint density at radius 1 is 1.00 bits per heavy atom. The predicted octanol–water partition coefficient (Wildman–Crippen LogP) is 2.72. The number of carboxylic acid groups (broad SMARTS) is 2. The predicted molar refractivity (Wildman–Crippen MR) is 99.6 cm³/mol. The van der Waals surface area contributed by atoms with Gasteiger partial charge in [-0.15, -0.1) is 0 Å². The number of hydrogen-bond donors (Lipinski definition) is 3. The van der Waals surface area contributed by atoms with Crippen molar-refractivity contribution in [2.75, 3.05) is 14.2 Å². The Labute approximate surface area is 159 Å². The Bertz CT molecular complexity index is 642. The molecule has 0 aliphatic carbocycles. The van der Waals surface area contributed by atoms with Gasteiger partial charge in [0.15, 0.2) is 0 Å². The molecular formula is C20H30O7. The summed E-state index contributed by atoms with van der Waals surface area (Å²) in [5.41, 5.74) is -1.30. The van der Waals surface area contributed by atoms with Crippen LogP contribution in [0.1, 0.15) is 56.2 Å². The lowest BCUT2D eigenvalue weighted by Gasteiger charge is -2.40. The van der Waals surface area contributed by atoms with Gasteiger partial charge in [0.25, 0.3) is 0 Å². The molecule has 7 heteroatoms. The molecule has 0 aromatic heterocycles. The highest BCUT2D eigenvalue weighted by atomic mass is 16.7. The molecule has 1 atom stereocenters. The number of ether oxygens (including phenoxy) is 2. The van der Waals surface area contributed by atoms with Crippen molar-refractivity contribution >= 4 is 11.9 Å². The minimum absolute atomic E-state index is 0.104. The average molecular weight is 382 g/mol. The fraction of sp³-hybridized carbons (Fsp3) is 0.600. The summed E-state index contributed by atoms with van der Waals surface area (Å²) < 4.78 is 10.0. The summed E-state index contributed by atoms with van der Waals surface area (Å²) >= 11 is 0. The maximum Gasteiger partial charge on any atom is 0.354 e. The Balaban J connectivity index is 3.62. The van der Waals surface area contributed by atoms with Crippen LogP contribution < -0.4 is 0 Å². The molecule has 0 heterocycles. The second-order valence-corrected chi connectivity index (χ2v) is 6.45. The highest BCUT2D eigenvalue weighted by Gasteiger charge is 2.66. The second-order valence-electron chi connectivity index (χ2n) is 6.45. The van der Waals surface area contributed by atoms with Crippen molar-refractivity contribution in [2.24, 2.45) is 0 Å². The van der Waals surface area contributed by atoms with Crippen molar-refractivity contribution in [3.05, 3.63) is 34.9 Å². The van der Waals surface area contributed by atoms with E-state index in [9.17, 15) is 24.9 Å². The first-order valence-corrected chi connectivity index (χ1v) is 9.17. The molecule has 27 heavy (non-hydrogen) atoms. The molecule has 0 bridgehead atoms. The Morgan fingerprint density at radius 2 is 1.63 bits per heavy atom. The van der Waals surface area contributed by atoms with Crippen LogP contribution in [0.4, 0.5) is 0 Å². The van der Waals surface area contributed by atoms with Crippen LogP contribution in [-0.4, -0.2) is 47.1 Å². The normalized spacial score (nSPS) is 14.0. The fourth-order valence-corrected chi connectivity index (χ4v) is 3.44. The van der Waals surface area contributed by atoms with Gasteiger partial charge in [0, 0.05) is 19.8 Å². The van der Waals surface area contributed by atoms with E-state index in [1.807, 2.05) is 13.0 Å². The number of aryl methyl sites for hydroxylation is 1. The van der Waals surface area contributed by atoms with E-state index in [-0.39, 0.29) is 5.56 Å². The van der Waals surface area contributed by atoms with Gasteiger partial charge in [-0.05, 0) is 30.4 Å². The fourth-order valence-electron chi connectivity index (χ4n) is 3.44. The van der Waals surface area contributed by atoms with E-state index in [2.05, 4.69) is 6.92 Å². The molecule has 0 fully saturated rings. The topological polar surface area (TPSA) is 113 Å².